The zero-order valence-corrected chi connectivity index (χ0v) is 28.6. The Hall–Kier alpha value is -5.97. The number of carbonyl (C=O) groups excluding carboxylic acids is 4. The number of aromatic nitrogens is 2. The number of H-pyrrole nitrogens is 1. The van der Waals surface area contributed by atoms with E-state index in [2.05, 4.69) is 30.9 Å². The molecule has 1 aliphatic heterocycles. The number of aliphatic carboxylic acids is 1. The number of aliphatic imine (C=N–C) groups is 1. The Balaban J connectivity index is 1.50. The summed E-state index contributed by atoms with van der Waals surface area (Å²) in [5, 5.41) is 27.7. The predicted molar refractivity (Wildman–Crippen MR) is 190 cm³/mol. The summed E-state index contributed by atoms with van der Waals surface area (Å²) in [4.78, 5) is 79.1. The molecule has 17 heteroatoms. The molecule has 5 atom stereocenters. The molecule has 2 heterocycles. The van der Waals surface area contributed by atoms with Gasteiger partial charge in [0, 0.05) is 44.2 Å². The number of likely N-dealkylation sites (tertiary alicyclic amines) is 1. The van der Waals surface area contributed by atoms with E-state index in [9.17, 15) is 34.2 Å². The number of hydrogen-bond acceptors (Lipinski definition) is 9. The minimum Gasteiger partial charge on any atom is -0.508 e. The lowest BCUT2D eigenvalue weighted by molar-refractivity contribution is -0.143. The van der Waals surface area contributed by atoms with Crippen molar-refractivity contribution in [1.29, 1.82) is 0 Å². The van der Waals surface area contributed by atoms with Gasteiger partial charge in [0.2, 0.25) is 23.6 Å². The van der Waals surface area contributed by atoms with E-state index in [0.717, 1.165) is 0 Å². The van der Waals surface area contributed by atoms with E-state index in [4.69, 9.17) is 17.2 Å². The summed E-state index contributed by atoms with van der Waals surface area (Å²) >= 11 is 0. The number of hydrogen-bond donors (Lipinski definition) is 9. The van der Waals surface area contributed by atoms with Gasteiger partial charge in [-0.05, 0) is 48.9 Å². The fourth-order valence-electron chi connectivity index (χ4n) is 5.92. The van der Waals surface area contributed by atoms with Gasteiger partial charge in [-0.1, -0.05) is 42.5 Å². The van der Waals surface area contributed by atoms with Gasteiger partial charge in [0.1, 0.15) is 29.9 Å². The van der Waals surface area contributed by atoms with Crippen LogP contribution in [-0.2, 0) is 43.2 Å². The molecular weight excluding hydrogens is 672 g/mol. The standard InChI is InChI=1S/C35H46N10O7/c36-25(8-4-14-40-35(37)38)30(47)43-27(18-23-19-39-20-41-23)33(50)45-15-5-9-29(45)32(49)42-26(16-22-10-12-24(46)13-11-22)31(48)44-28(34(51)52)17-21-6-2-1-3-7-21/h1-3,6-7,10-13,19-20,25-29,46H,4-5,8-9,14-18,36H2,(H,39,41)(H,42,49)(H,43,47)(H,44,48)(H,51,52)(H4,37,38,40). The summed E-state index contributed by atoms with van der Waals surface area (Å²) in [5.41, 5.74) is 18.7. The summed E-state index contributed by atoms with van der Waals surface area (Å²) < 4.78 is 0. The van der Waals surface area contributed by atoms with E-state index in [1.54, 1.807) is 42.5 Å². The highest BCUT2D eigenvalue weighted by molar-refractivity contribution is 5.96. The number of phenols is 1. The normalized spacial score (nSPS) is 16.2. The van der Waals surface area contributed by atoms with Gasteiger partial charge in [-0.15, -0.1) is 0 Å². The lowest BCUT2D eigenvalue weighted by atomic mass is 10.0. The van der Waals surface area contributed by atoms with Crippen molar-refractivity contribution in [3.8, 4) is 5.75 Å². The van der Waals surface area contributed by atoms with Crippen molar-refractivity contribution >= 4 is 35.6 Å². The number of nitrogens with one attached hydrogen (secondary N) is 4. The number of aromatic amines is 1. The van der Waals surface area contributed by atoms with E-state index >= 15 is 0 Å². The zero-order valence-electron chi connectivity index (χ0n) is 28.6. The Bertz CT molecular complexity index is 1680. The van der Waals surface area contributed by atoms with Gasteiger partial charge < -0.3 is 53.2 Å². The molecular formula is C35H46N10O7. The zero-order chi connectivity index (χ0) is 37.6. The Morgan fingerprint density at radius 3 is 2.23 bits per heavy atom. The van der Waals surface area contributed by atoms with Crippen LogP contribution < -0.4 is 33.2 Å². The van der Waals surface area contributed by atoms with Gasteiger partial charge in [-0.2, -0.15) is 0 Å². The Labute approximate surface area is 300 Å². The number of amides is 4. The minimum absolute atomic E-state index is 0.00590. The number of benzene rings is 2. The van der Waals surface area contributed by atoms with Gasteiger partial charge in [0.15, 0.2) is 5.96 Å². The third-order valence-electron chi connectivity index (χ3n) is 8.64. The van der Waals surface area contributed by atoms with Crippen molar-refractivity contribution in [2.75, 3.05) is 13.1 Å². The number of carboxylic acid groups (broad SMARTS) is 1. The van der Waals surface area contributed by atoms with Crippen LogP contribution >= 0.6 is 0 Å². The summed E-state index contributed by atoms with van der Waals surface area (Å²) in [6.07, 6.45) is 4.42. The highest BCUT2D eigenvalue weighted by atomic mass is 16.4. The quantitative estimate of drug-likeness (QED) is 0.0439. The summed E-state index contributed by atoms with van der Waals surface area (Å²) in [6.45, 7) is 0.490. The van der Waals surface area contributed by atoms with E-state index in [1.165, 1.54) is 29.6 Å². The molecule has 1 aliphatic rings. The van der Waals surface area contributed by atoms with Crippen LogP contribution in [0.3, 0.4) is 0 Å². The molecule has 12 N–H and O–H groups in total. The number of nitrogens with zero attached hydrogens (tertiary/aromatic N) is 3. The van der Waals surface area contributed by atoms with Gasteiger partial charge in [-0.25, -0.2) is 9.78 Å². The molecule has 1 fully saturated rings. The van der Waals surface area contributed by atoms with Crippen LogP contribution in [0.1, 0.15) is 42.5 Å². The minimum atomic E-state index is -1.29. The van der Waals surface area contributed by atoms with Crippen molar-refractivity contribution in [3.63, 3.8) is 0 Å². The Kier molecular flexibility index (Phi) is 14.1. The molecule has 17 nitrogen and oxygen atoms in total. The molecule has 5 unspecified atom stereocenters. The Morgan fingerprint density at radius 1 is 0.904 bits per heavy atom. The summed E-state index contributed by atoms with van der Waals surface area (Å²) in [7, 11) is 0. The second-order valence-corrected chi connectivity index (χ2v) is 12.6. The number of phenolic OH excluding ortho intramolecular Hbond substituents is 1. The van der Waals surface area contributed by atoms with E-state index in [1.807, 2.05) is 0 Å². The maximum absolute atomic E-state index is 14.1. The first-order valence-corrected chi connectivity index (χ1v) is 17.0. The van der Waals surface area contributed by atoms with Gasteiger partial charge in [0.25, 0.3) is 0 Å². The number of aromatic hydroxyl groups is 1. The second-order valence-electron chi connectivity index (χ2n) is 12.6. The SMILES string of the molecule is NC(N)=NCCCC(N)C(=O)NC(Cc1cnc[nH]1)C(=O)N1CCCC1C(=O)NC(Cc1ccc(O)cc1)C(=O)NC(Cc1ccccc1)C(=O)O. The van der Waals surface area contributed by atoms with Crippen molar-refractivity contribution in [2.24, 2.45) is 22.2 Å². The highest BCUT2D eigenvalue weighted by Crippen LogP contribution is 2.21. The lowest BCUT2D eigenvalue weighted by Gasteiger charge is -2.30. The number of nitrogens with two attached hydrogens (primary N) is 3. The lowest BCUT2D eigenvalue weighted by Crippen LogP contribution is -2.59. The summed E-state index contributed by atoms with van der Waals surface area (Å²) in [5.74, 6) is -3.78. The second kappa shape index (κ2) is 18.9. The molecule has 4 amide bonds. The fraction of sp³-hybridized carbons (Fsp3) is 0.400. The van der Waals surface area contributed by atoms with Crippen molar-refractivity contribution < 1.29 is 34.2 Å². The van der Waals surface area contributed by atoms with E-state index in [-0.39, 0.29) is 56.9 Å². The number of imidazole rings is 1. The average molecular weight is 719 g/mol. The molecule has 4 rings (SSSR count). The number of carboxylic acids is 1. The first kappa shape index (κ1) is 38.8. The largest absolute Gasteiger partial charge is 0.508 e. The van der Waals surface area contributed by atoms with Crippen molar-refractivity contribution in [3.05, 3.63) is 83.9 Å². The predicted octanol–water partition coefficient (Wildman–Crippen LogP) is -0.946. The van der Waals surface area contributed by atoms with Crippen LogP contribution in [-0.4, -0.2) is 104 Å². The van der Waals surface area contributed by atoms with Crippen LogP contribution in [0.15, 0.2) is 72.1 Å². The first-order chi connectivity index (χ1) is 24.9. The van der Waals surface area contributed by atoms with Crippen molar-refractivity contribution in [1.82, 2.24) is 30.8 Å². The highest BCUT2D eigenvalue weighted by Gasteiger charge is 2.39. The number of guanidine groups is 1. The molecule has 1 saturated heterocycles. The third-order valence-corrected chi connectivity index (χ3v) is 8.64. The van der Waals surface area contributed by atoms with Crippen LogP contribution in [0, 0.1) is 0 Å². The maximum Gasteiger partial charge on any atom is 0.326 e. The molecule has 3 aromatic rings. The first-order valence-electron chi connectivity index (χ1n) is 17.0. The molecule has 278 valence electrons. The van der Waals surface area contributed by atoms with Gasteiger partial charge in [0.05, 0.1) is 12.4 Å². The fourth-order valence-corrected chi connectivity index (χ4v) is 5.92. The topological polar surface area (TPSA) is 284 Å². The van der Waals surface area contributed by atoms with Crippen LogP contribution in [0.2, 0.25) is 0 Å². The number of rotatable bonds is 18. The molecule has 1 aromatic heterocycles. The number of carbonyl (C=O) groups is 5. The Morgan fingerprint density at radius 2 is 1.58 bits per heavy atom. The van der Waals surface area contributed by atoms with Crippen LogP contribution in [0.5, 0.6) is 5.75 Å². The molecule has 0 bridgehead atoms. The van der Waals surface area contributed by atoms with Crippen LogP contribution in [0.25, 0.3) is 0 Å². The molecule has 0 spiro atoms. The molecule has 0 aliphatic carbocycles. The van der Waals surface area contributed by atoms with Gasteiger partial charge in [-0.3, -0.25) is 24.2 Å². The summed E-state index contributed by atoms with van der Waals surface area (Å²) in [6, 6.07) is 9.26. The van der Waals surface area contributed by atoms with Gasteiger partial charge >= 0.3 is 5.97 Å². The monoisotopic (exact) mass is 718 g/mol. The van der Waals surface area contributed by atoms with E-state index in [0.29, 0.717) is 29.7 Å². The third kappa shape index (κ3) is 11.5. The molecule has 0 saturated carbocycles. The smallest absolute Gasteiger partial charge is 0.326 e. The van der Waals surface area contributed by atoms with Crippen molar-refractivity contribution in [2.45, 2.75) is 75.2 Å². The maximum atomic E-state index is 14.1. The molecule has 52 heavy (non-hydrogen) atoms. The molecule has 0 radical (unpaired) electrons. The van der Waals surface area contributed by atoms with E-state index < -0.39 is 59.8 Å². The molecule has 2 aromatic carbocycles. The van der Waals surface area contributed by atoms with Crippen LogP contribution in [0.4, 0.5) is 0 Å². The average Bonchev–Trinajstić information content (AvgIpc) is 3.83.